The van der Waals surface area contributed by atoms with Crippen LogP contribution in [-0.2, 0) is 0 Å². The first-order valence-electron chi connectivity index (χ1n) is 10.4. The molecule has 0 aromatic carbocycles. The van der Waals surface area contributed by atoms with Gasteiger partial charge in [0.1, 0.15) is 5.75 Å². The molecule has 0 spiro atoms. The van der Waals surface area contributed by atoms with Crippen molar-refractivity contribution in [2.24, 2.45) is 0 Å². The maximum atomic E-state index is 6.17. The minimum Gasteiger partial charge on any atom is -0.492 e. The molecule has 1 nitrogen and oxygen atoms in total. The van der Waals surface area contributed by atoms with Gasteiger partial charge in [0.2, 0.25) is 0 Å². The molecule has 0 aliphatic carbocycles. The summed E-state index contributed by atoms with van der Waals surface area (Å²) in [5, 5.41) is 0. The number of aryl methyl sites for hydroxylation is 3. The minimum atomic E-state index is 0.850. The van der Waals surface area contributed by atoms with Crippen molar-refractivity contribution < 1.29 is 4.74 Å². The molecule has 0 radical (unpaired) electrons. The largest absolute Gasteiger partial charge is 0.492 e. The fourth-order valence-electron chi connectivity index (χ4n) is 3.39. The molecule has 0 unspecified atom stereocenters. The van der Waals surface area contributed by atoms with Crippen LogP contribution in [-0.4, -0.2) is 6.61 Å². The zero-order chi connectivity index (χ0) is 18.8. The Morgan fingerprint density at radius 1 is 0.692 bits per heavy atom. The van der Waals surface area contributed by atoms with Gasteiger partial charge >= 0.3 is 0 Å². The van der Waals surface area contributed by atoms with E-state index in [0.29, 0.717) is 0 Å². The summed E-state index contributed by atoms with van der Waals surface area (Å²) in [6.07, 6.45) is 13.7. The van der Waals surface area contributed by atoms with Crippen LogP contribution >= 0.6 is 22.7 Å². The Labute approximate surface area is 168 Å². The van der Waals surface area contributed by atoms with Crippen molar-refractivity contribution in [1.29, 1.82) is 0 Å². The highest BCUT2D eigenvalue weighted by Crippen LogP contribution is 2.43. The summed E-state index contributed by atoms with van der Waals surface area (Å²) >= 11 is 3.75. The predicted octanol–water partition coefficient (Wildman–Crippen LogP) is 8.70. The molecule has 0 aliphatic heterocycles. The molecule has 0 fully saturated rings. The standard InChI is InChI=1S/C23H36OS2/c1-5-6-7-8-9-10-11-12-13-14-15-24-21-17-20(4)26-23(21)22-18(2)16-19(3)25-22/h16-17H,5-15H2,1-4H3. The summed E-state index contributed by atoms with van der Waals surface area (Å²) < 4.78 is 6.17. The monoisotopic (exact) mass is 392 g/mol. The van der Waals surface area contributed by atoms with E-state index >= 15 is 0 Å². The quantitative estimate of drug-likeness (QED) is 0.310. The van der Waals surface area contributed by atoms with Crippen molar-refractivity contribution in [2.75, 3.05) is 6.61 Å². The molecular weight excluding hydrogens is 356 g/mol. The summed E-state index contributed by atoms with van der Waals surface area (Å²) in [7, 11) is 0. The molecule has 0 N–H and O–H groups in total. The van der Waals surface area contributed by atoms with Crippen molar-refractivity contribution in [3.05, 3.63) is 27.5 Å². The fourth-order valence-corrected chi connectivity index (χ4v) is 5.58. The van der Waals surface area contributed by atoms with Gasteiger partial charge in [0, 0.05) is 9.75 Å². The first-order valence-corrected chi connectivity index (χ1v) is 12.1. The maximum Gasteiger partial charge on any atom is 0.138 e. The molecule has 0 atom stereocenters. The van der Waals surface area contributed by atoms with E-state index in [-0.39, 0.29) is 0 Å². The van der Waals surface area contributed by atoms with Gasteiger partial charge in [-0.25, -0.2) is 0 Å². The van der Waals surface area contributed by atoms with E-state index < -0.39 is 0 Å². The molecule has 3 heteroatoms. The van der Waals surface area contributed by atoms with Gasteiger partial charge in [0.15, 0.2) is 0 Å². The fraction of sp³-hybridized carbons (Fsp3) is 0.652. The molecule has 2 aromatic heterocycles. The van der Waals surface area contributed by atoms with Gasteiger partial charge < -0.3 is 4.74 Å². The number of hydrogen-bond acceptors (Lipinski definition) is 3. The minimum absolute atomic E-state index is 0.850. The molecule has 26 heavy (non-hydrogen) atoms. The van der Waals surface area contributed by atoms with Crippen molar-refractivity contribution in [3.8, 4) is 15.5 Å². The average Bonchev–Trinajstić information content (AvgIpc) is 3.13. The number of rotatable bonds is 13. The number of hydrogen-bond donors (Lipinski definition) is 0. The first-order chi connectivity index (χ1) is 12.6. The lowest BCUT2D eigenvalue weighted by Gasteiger charge is -2.07. The van der Waals surface area contributed by atoms with Crippen molar-refractivity contribution in [2.45, 2.75) is 91.9 Å². The molecule has 0 saturated carbocycles. The van der Waals surface area contributed by atoms with E-state index in [1.165, 1.54) is 89.3 Å². The topological polar surface area (TPSA) is 9.23 Å². The highest BCUT2D eigenvalue weighted by molar-refractivity contribution is 7.22. The van der Waals surface area contributed by atoms with Crippen LogP contribution in [0.5, 0.6) is 5.75 Å². The molecule has 146 valence electrons. The van der Waals surface area contributed by atoms with Gasteiger partial charge in [-0.3, -0.25) is 0 Å². The second-order valence-electron chi connectivity index (χ2n) is 7.45. The maximum absolute atomic E-state index is 6.17. The molecule has 2 aromatic rings. The third-order valence-corrected chi connectivity index (χ3v) is 7.17. The van der Waals surface area contributed by atoms with E-state index in [4.69, 9.17) is 4.74 Å². The van der Waals surface area contributed by atoms with Crippen molar-refractivity contribution in [3.63, 3.8) is 0 Å². The van der Waals surface area contributed by atoms with Crippen LogP contribution in [0.1, 0.15) is 86.4 Å². The molecule has 0 bridgehead atoms. The second kappa shape index (κ2) is 11.8. The predicted molar refractivity (Wildman–Crippen MR) is 119 cm³/mol. The molecule has 0 aliphatic rings. The van der Waals surface area contributed by atoms with E-state index in [0.717, 1.165) is 12.4 Å². The summed E-state index contributed by atoms with van der Waals surface area (Å²) in [6.45, 7) is 9.71. The summed E-state index contributed by atoms with van der Waals surface area (Å²) in [5.74, 6) is 1.09. The highest BCUT2D eigenvalue weighted by atomic mass is 32.1. The Hall–Kier alpha value is -0.800. The van der Waals surface area contributed by atoms with Crippen LogP contribution in [0.3, 0.4) is 0 Å². The summed E-state index contributed by atoms with van der Waals surface area (Å²) in [4.78, 5) is 5.43. The van der Waals surface area contributed by atoms with Gasteiger partial charge in [0.25, 0.3) is 0 Å². The molecule has 0 amide bonds. The van der Waals surface area contributed by atoms with Gasteiger partial charge in [-0.15, -0.1) is 22.7 Å². The normalized spacial score (nSPS) is 11.2. The van der Waals surface area contributed by atoms with E-state index in [1.54, 1.807) is 0 Å². The Bertz CT molecular complexity index is 639. The molecule has 2 heterocycles. The Morgan fingerprint density at radius 3 is 1.81 bits per heavy atom. The number of ether oxygens (including phenoxy) is 1. The Kier molecular flexibility index (Phi) is 9.77. The average molecular weight is 393 g/mol. The molecule has 2 rings (SSSR count). The Morgan fingerprint density at radius 2 is 1.23 bits per heavy atom. The van der Waals surface area contributed by atoms with E-state index in [2.05, 4.69) is 39.8 Å². The first kappa shape index (κ1) is 21.5. The van der Waals surface area contributed by atoms with Crippen LogP contribution in [0.15, 0.2) is 12.1 Å². The van der Waals surface area contributed by atoms with Gasteiger partial charge in [-0.2, -0.15) is 0 Å². The third kappa shape index (κ3) is 7.08. The van der Waals surface area contributed by atoms with E-state index in [1.807, 2.05) is 22.7 Å². The SMILES string of the molecule is CCCCCCCCCCCCOc1cc(C)sc1-c1sc(C)cc1C. The number of unbranched alkanes of at least 4 members (excludes halogenated alkanes) is 9. The highest BCUT2D eigenvalue weighted by Gasteiger charge is 2.15. The van der Waals surface area contributed by atoms with Crippen LogP contribution in [0.4, 0.5) is 0 Å². The van der Waals surface area contributed by atoms with Gasteiger partial charge in [-0.05, 0) is 44.9 Å². The number of thiophene rings is 2. The van der Waals surface area contributed by atoms with E-state index in [9.17, 15) is 0 Å². The Balaban J connectivity index is 1.65. The molecular formula is C23H36OS2. The lowest BCUT2D eigenvalue weighted by atomic mass is 10.1. The lowest BCUT2D eigenvalue weighted by Crippen LogP contribution is -1.97. The summed E-state index contributed by atoms with van der Waals surface area (Å²) in [6, 6.07) is 4.49. The summed E-state index contributed by atoms with van der Waals surface area (Å²) in [5.41, 5.74) is 1.37. The zero-order valence-corrected chi connectivity index (χ0v) is 18.8. The third-order valence-electron chi connectivity index (χ3n) is 4.82. The zero-order valence-electron chi connectivity index (χ0n) is 17.2. The van der Waals surface area contributed by atoms with Gasteiger partial charge in [-0.1, -0.05) is 64.7 Å². The smallest absolute Gasteiger partial charge is 0.138 e. The lowest BCUT2D eigenvalue weighted by molar-refractivity contribution is 0.306. The van der Waals surface area contributed by atoms with Crippen molar-refractivity contribution >= 4 is 22.7 Å². The van der Waals surface area contributed by atoms with Crippen LogP contribution in [0.2, 0.25) is 0 Å². The second-order valence-corrected chi connectivity index (χ2v) is 9.96. The molecule has 0 saturated heterocycles. The van der Waals surface area contributed by atoms with Crippen LogP contribution in [0.25, 0.3) is 9.75 Å². The van der Waals surface area contributed by atoms with Crippen LogP contribution < -0.4 is 4.74 Å². The van der Waals surface area contributed by atoms with Crippen LogP contribution in [0, 0.1) is 20.8 Å². The van der Waals surface area contributed by atoms with Crippen molar-refractivity contribution in [1.82, 2.24) is 0 Å². The van der Waals surface area contributed by atoms with Gasteiger partial charge in [0.05, 0.1) is 16.4 Å².